The Bertz CT molecular complexity index is 585. The lowest BCUT2D eigenvalue weighted by Crippen LogP contribution is -2.31. The van der Waals surface area contributed by atoms with Crippen molar-refractivity contribution in [3.8, 4) is 0 Å². The maximum absolute atomic E-state index is 4.59. The van der Waals surface area contributed by atoms with Gasteiger partial charge in [-0.1, -0.05) is 6.92 Å². The van der Waals surface area contributed by atoms with Gasteiger partial charge >= 0.3 is 0 Å². The van der Waals surface area contributed by atoms with E-state index in [1.807, 2.05) is 11.7 Å². The van der Waals surface area contributed by atoms with Gasteiger partial charge in [-0.15, -0.1) is 11.3 Å². The van der Waals surface area contributed by atoms with Gasteiger partial charge in [-0.2, -0.15) is 5.10 Å². The zero-order chi connectivity index (χ0) is 15.4. The van der Waals surface area contributed by atoms with E-state index in [-0.39, 0.29) is 0 Å². The molecule has 0 aromatic carbocycles. The highest BCUT2D eigenvalue weighted by Gasteiger charge is 2.14. The van der Waals surface area contributed by atoms with E-state index in [9.17, 15) is 0 Å². The number of nitrogens with zero attached hydrogens (tertiary/aromatic N) is 3. The second-order valence-electron chi connectivity index (χ2n) is 5.63. The third kappa shape index (κ3) is 4.14. The average molecular weight is 306 g/mol. The molecule has 2 rings (SSSR count). The van der Waals surface area contributed by atoms with Crippen LogP contribution in [0.4, 0.5) is 0 Å². The van der Waals surface area contributed by atoms with Crippen LogP contribution in [0.1, 0.15) is 41.0 Å². The first-order valence-electron chi connectivity index (χ1n) is 7.64. The fourth-order valence-electron chi connectivity index (χ4n) is 2.82. The molecular weight excluding hydrogens is 280 g/mol. The first kappa shape index (κ1) is 16.2. The monoisotopic (exact) mass is 306 g/mol. The summed E-state index contributed by atoms with van der Waals surface area (Å²) in [6.45, 7) is 9.49. The maximum atomic E-state index is 4.59. The third-order valence-electron chi connectivity index (χ3n) is 4.02. The van der Waals surface area contributed by atoms with E-state index in [0.29, 0.717) is 6.04 Å². The summed E-state index contributed by atoms with van der Waals surface area (Å²) in [7, 11) is 2.02. The zero-order valence-electron chi connectivity index (χ0n) is 13.7. The van der Waals surface area contributed by atoms with E-state index in [0.717, 1.165) is 36.5 Å². The molecule has 0 aliphatic heterocycles. The van der Waals surface area contributed by atoms with Gasteiger partial charge in [-0.25, -0.2) is 4.98 Å². The molecule has 4 nitrogen and oxygen atoms in total. The van der Waals surface area contributed by atoms with E-state index in [4.69, 9.17) is 0 Å². The van der Waals surface area contributed by atoms with E-state index < -0.39 is 0 Å². The summed E-state index contributed by atoms with van der Waals surface area (Å²) in [5, 5.41) is 11.4. The van der Waals surface area contributed by atoms with Crippen LogP contribution in [0.3, 0.4) is 0 Å². The molecule has 2 aromatic heterocycles. The van der Waals surface area contributed by atoms with Crippen molar-refractivity contribution in [1.82, 2.24) is 20.1 Å². The molecular formula is C16H26N4S. The molecule has 21 heavy (non-hydrogen) atoms. The van der Waals surface area contributed by atoms with Crippen LogP contribution < -0.4 is 5.32 Å². The number of likely N-dealkylation sites (N-methyl/N-ethyl adjacent to an activating group) is 1. The number of rotatable bonds is 7. The summed E-state index contributed by atoms with van der Waals surface area (Å²) in [4.78, 5) is 4.59. The molecule has 0 radical (unpaired) electrons. The fraction of sp³-hybridized carbons (Fsp3) is 0.625. The molecule has 0 spiro atoms. The molecule has 116 valence electrons. The first-order valence-corrected chi connectivity index (χ1v) is 8.52. The highest BCUT2D eigenvalue weighted by molar-refractivity contribution is 7.09. The van der Waals surface area contributed by atoms with Gasteiger partial charge in [0.25, 0.3) is 0 Å². The van der Waals surface area contributed by atoms with Gasteiger partial charge in [-0.3, -0.25) is 4.68 Å². The van der Waals surface area contributed by atoms with Crippen molar-refractivity contribution < 1.29 is 0 Å². The number of hydrogen-bond donors (Lipinski definition) is 1. The van der Waals surface area contributed by atoms with Gasteiger partial charge in [-0.05, 0) is 45.7 Å². The van der Waals surface area contributed by atoms with Crippen molar-refractivity contribution in [2.24, 2.45) is 7.05 Å². The van der Waals surface area contributed by atoms with Gasteiger partial charge in [0.15, 0.2) is 0 Å². The lowest BCUT2D eigenvalue weighted by molar-refractivity contribution is 0.486. The van der Waals surface area contributed by atoms with E-state index in [1.165, 1.54) is 17.0 Å². The van der Waals surface area contributed by atoms with Crippen molar-refractivity contribution in [1.29, 1.82) is 0 Å². The lowest BCUT2D eigenvalue weighted by atomic mass is 10.0. The highest BCUT2D eigenvalue weighted by atomic mass is 32.1. The van der Waals surface area contributed by atoms with Gasteiger partial charge in [0.05, 0.1) is 16.4 Å². The summed E-state index contributed by atoms with van der Waals surface area (Å²) in [6, 6.07) is 0.482. The Labute approximate surface area is 131 Å². The number of hydrogen-bond acceptors (Lipinski definition) is 4. The van der Waals surface area contributed by atoms with Gasteiger partial charge < -0.3 is 5.32 Å². The van der Waals surface area contributed by atoms with Crippen molar-refractivity contribution in [3.63, 3.8) is 0 Å². The van der Waals surface area contributed by atoms with Crippen molar-refractivity contribution in [2.45, 2.75) is 53.0 Å². The van der Waals surface area contributed by atoms with Crippen LogP contribution in [-0.2, 0) is 19.9 Å². The topological polar surface area (TPSA) is 42.7 Å². The van der Waals surface area contributed by atoms with Crippen LogP contribution in [0.25, 0.3) is 0 Å². The normalized spacial score (nSPS) is 12.8. The van der Waals surface area contributed by atoms with Crippen LogP contribution in [0.15, 0.2) is 5.38 Å². The fourth-order valence-corrected chi connectivity index (χ4v) is 3.44. The largest absolute Gasteiger partial charge is 0.314 e. The van der Waals surface area contributed by atoms with E-state index in [2.05, 4.69) is 48.5 Å². The molecule has 0 aliphatic rings. The molecule has 5 heteroatoms. The number of nitrogens with one attached hydrogen (secondary N) is 1. The Morgan fingerprint density at radius 1 is 1.33 bits per heavy atom. The molecule has 0 aliphatic carbocycles. The highest BCUT2D eigenvalue weighted by Crippen LogP contribution is 2.17. The number of thiazole rings is 1. The summed E-state index contributed by atoms with van der Waals surface area (Å²) in [5.74, 6) is 0. The predicted octanol–water partition coefficient (Wildman–Crippen LogP) is 2.96. The standard InChI is InChI=1S/C16H26N4S/c1-6-17-14(9-15-10-21-13(4)18-15)7-8-16-11(2)19-20(5)12(16)3/h10,14,17H,6-9H2,1-5H3. The summed E-state index contributed by atoms with van der Waals surface area (Å²) in [6.07, 6.45) is 3.21. The Hall–Kier alpha value is -1.20. The molecule has 0 amide bonds. The minimum absolute atomic E-state index is 0.482. The zero-order valence-corrected chi connectivity index (χ0v) is 14.5. The molecule has 2 aromatic rings. The van der Waals surface area contributed by atoms with Crippen LogP contribution in [-0.4, -0.2) is 27.4 Å². The molecule has 0 fully saturated rings. The smallest absolute Gasteiger partial charge is 0.0897 e. The maximum Gasteiger partial charge on any atom is 0.0897 e. The van der Waals surface area contributed by atoms with Crippen LogP contribution in [0.5, 0.6) is 0 Å². The predicted molar refractivity (Wildman–Crippen MR) is 89.0 cm³/mol. The second kappa shape index (κ2) is 7.18. The molecule has 1 unspecified atom stereocenters. The number of aromatic nitrogens is 3. The molecule has 2 heterocycles. The SMILES string of the molecule is CCNC(CCc1c(C)nn(C)c1C)Cc1csc(C)n1. The Morgan fingerprint density at radius 3 is 2.62 bits per heavy atom. The second-order valence-corrected chi connectivity index (χ2v) is 6.69. The summed E-state index contributed by atoms with van der Waals surface area (Å²) in [5.41, 5.74) is 5.06. The Morgan fingerprint density at radius 2 is 2.10 bits per heavy atom. The van der Waals surface area contributed by atoms with Crippen molar-refractivity contribution >= 4 is 11.3 Å². The molecule has 1 N–H and O–H groups in total. The van der Waals surface area contributed by atoms with Gasteiger partial charge in [0.1, 0.15) is 0 Å². The molecule has 1 atom stereocenters. The van der Waals surface area contributed by atoms with Gasteiger partial charge in [0, 0.05) is 30.6 Å². The Balaban J connectivity index is 1.99. The van der Waals surface area contributed by atoms with Crippen LogP contribution >= 0.6 is 11.3 Å². The van der Waals surface area contributed by atoms with Crippen molar-refractivity contribution in [3.05, 3.63) is 33.0 Å². The van der Waals surface area contributed by atoms with Crippen LogP contribution in [0.2, 0.25) is 0 Å². The lowest BCUT2D eigenvalue weighted by Gasteiger charge is -2.17. The summed E-state index contributed by atoms with van der Waals surface area (Å²) < 4.78 is 1.98. The first-order chi connectivity index (χ1) is 10.0. The Kier molecular flexibility index (Phi) is 5.53. The quantitative estimate of drug-likeness (QED) is 0.855. The molecule has 0 saturated heterocycles. The number of aryl methyl sites for hydroxylation is 3. The summed E-state index contributed by atoms with van der Waals surface area (Å²) >= 11 is 1.73. The third-order valence-corrected chi connectivity index (χ3v) is 4.84. The van der Waals surface area contributed by atoms with E-state index >= 15 is 0 Å². The molecule has 0 saturated carbocycles. The van der Waals surface area contributed by atoms with Gasteiger partial charge in [0.2, 0.25) is 0 Å². The minimum Gasteiger partial charge on any atom is -0.314 e. The molecule has 0 bridgehead atoms. The van der Waals surface area contributed by atoms with Crippen molar-refractivity contribution in [2.75, 3.05) is 6.54 Å². The minimum atomic E-state index is 0.482. The van der Waals surface area contributed by atoms with Crippen LogP contribution in [0, 0.1) is 20.8 Å². The van der Waals surface area contributed by atoms with E-state index in [1.54, 1.807) is 11.3 Å². The average Bonchev–Trinajstić information content (AvgIpc) is 2.93.